The van der Waals surface area contributed by atoms with Crippen LogP contribution in [-0.2, 0) is 6.42 Å². The third-order valence-electron chi connectivity index (χ3n) is 3.50. The Balaban J connectivity index is 2.28. The number of nitrogens with zero attached hydrogens (tertiary/aromatic N) is 1. The molecule has 1 unspecified atom stereocenters. The molecule has 0 aliphatic carbocycles. The molecule has 2 N–H and O–H groups in total. The number of aromatic nitrogens is 1. The van der Waals surface area contributed by atoms with E-state index in [0.29, 0.717) is 0 Å². The summed E-state index contributed by atoms with van der Waals surface area (Å²) in [7, 11) is 1.65. The minimum atomic E-state index is -0.0854. The van der Waals surface area contributed by atoms with Gasteiger partial charge in [-0.2, -0.15) is 0 Å². The third kappa shape index (κ3) is 2.93. The maximum absolute atomic E-state index is 6.33. The first-order valence-electron chi connectivity index (χ1n) is 6.42. The molecule has 100 valence electrons. The quantitative estimate of drug-likeness (QED) is 0.915. The maximum Gasteiger partial charge on any atom is 0.141 e. The molecule has 0 saturated carbocycles. The van der Waals surface area contributed by atoms with Crippen LogP contribution >= 0.6 is 0 Å². The number of benzene rings is 1. The van der Waals surface area contributed by atoms with E-state index in [9.17, 15) is 0 Å². The Morgan fingerprint density at radius 2 is 1.89 bits per heavy atom. The van der Waals surface area contributed by atoms with Crippen molar-refractivity contribution in [3.05, 3.63) is 58.9 Å². The van der Waals surface area contributed by atoms with Gasteiger partial charge in [0, 0.05) is 17.8 Å². The highest BCUT2D eigenvalue weighted by atomic mass is 16.5. The highest BCUT2D eigenvalue weighted by Gasteiger charge is 2.14. The number of hydrogen-bond acceptors (Lipinski definition) is 3. The Kier molecular flexibility index (Phi) is 4.17. The molecule has 2 aromatic rings. The van der Waals surface area contributed by atoms with Gasteiger partial charge in [-0.25, -0.2) is 0 Å². The van der Waals surface area contributed by atoms with Gasteiger partial charge in [-0.3, -0.25) is 4.98 Å². The van der Waals surface area contributed by atoms with Gasteiger partial charge in [0.1, 0.15) is 5.75 Å². The van der Waals surface area contributed by atoms with Crippen LogP contribution in [0.25, 0.3) is 0 Å². The zero-order valence-corrected chi connectivity index (χ0v) is 11.7. The summed E-state index contributed by atoms with van der Waals surface area (Å²) in [6, 6.07) is 8.17. The van der Waals surface area contributed by atoms with Crippen LogP contribution in [0.1, 0.15) is 28.3 Å². The van der Waals surface area contributed by atoms with Crippen molar-refractivity contribution < 1.29 is 4.74 Å². The van der Waals surface area contributed by atoms with Crippen molar-refractivity contribution in [2.24, 2.45) is 5.73 Å². The third-order valence-corrected chi connectivity index (χ3v) is 3.50. The predicted molar refractivity (Wildman–Crippen MR) is 77.3 cm³/mol. The second kappa shape index (κ2) is 5.85. The molecule has 0 amide bonds. The summed E-state index contributed by atoms with van der Waals surface area (Å²) in [5, 5.41) is 0. The molecule has 1 atom stereocenters. The van der Waals surface area contributed by atoms with Crippen LogP contribution in [0.3, 0.4) is 0 Å². The molecule has 2 rings (SSSR count). The monoisotopic (exact) mass is 256 g/mol. The molecule has 1 heterocycles. The zero-order valence-electron chi connectivity index (χ0n) is 11.7. The molecule has 0 aliphatic rings. The van der Waals surface area contributed by atoms with E-state index in [0.717, 1.165) is 17.7 Å². The summed E-state index contributed by atoms with van der Waals surface area (Å²) in [5.41, 5.74) is 11.2. The summed E-state index contributed by atoms with van der Waals surface area (Å²) < 4.78 is 5.32. The van der Waals surface area contributed by atoms with E-state index in [-0.39, 0.29) is 6.04 Å². The average Bonchev–Trinajstić information content (AvgIpc) is 2.42. The number of aryl methyl sites for hydroxylation is 2. The maximum atomic E-state index is 6.33. The summed E-state index contributed by atoms with van der Waals surface area (Å²) in [6.07, 6.45) is 4.27. The van der Waals surface area contributed by atoms with Crippen molar-refractivity contribution in [3.63, 3.8) is 0 Å². The van der Waals surface area contributed by atoms with Gasteiger partial charge in [0.25, 0.3) is 0 Å². The molecule has 0 fully saturated rings. The van der Waals surface area contributed by atoms with Crippen LogP contribution in [0, 0.1) is 13.8 Å². The topological polar surface area (TPSA) is 48.1 Å². The van der Waals surface area contributed by atoms with Gasteiger partial charge in [0.15, 0.2) is 0 Å². The highest BCUT2D eigenvalue weighted by molar-refractivity contribution is 5.38. The first kappa shape index (κ1) is 13.6. The van der Waals surface area contributed by atoms with Crippen LogP contribution in [-0.4, -0.2) is 12.1 Å². The fourth-order valence-electron chi connectivity index (χ4n) is 2.37. The van der Waals surface area contributed by atoms with E-state index in [2.05, 4.69) is 37.0 Å². The van der Waals surface area contributed by atoms with Gasteiger partial charge < -0.3 is 10.5 Å². The van der Waals surface area contributed by atoms with Crippen molar-refractivity contribution in [2.75, 3.05) is 7.11 Å². The smallest absolute Gasteiger partial charge is 0.141 e. The van der Waals surface area contributed by atoms with Crippen molar-refractivity contribution >= 4 is 0 Å². The summed E-state index contributed by atoms with van der Waals surface area (Å²) in [6.45, 7) is 4.25. The second-order valence-corrected chi connectivity index (χ2v) is 4.80. The molecule has 3 nitrogen and oxygen atoms in total. The van der Waals surface area contributed by atoms with Crippen LogP contribution in [0.5, 0.6) is 5.75 Å². The Labute approximate surface area is 114 Å². The van der Waals surface area contributed by atoms with E-state index in [1.54, 1.807) is 19.5 Å². The minimum Gasteiger partial charge on any atom is -0.495 e. The Morgan fingerprint density at radius 3 is 2.53 bits per heavy atom. The number of nitrogens with two attached hydrogens (primary N) is 1. The van der Waals surface area contributed by atoms with Crippen molar-refractivity contribution in [3.8, 4) is 5.75 Å². The first-order chi connectivity index (χ1) is 9.13. The predicted octanol–water partition coefficient (Wildman–Crippen LogP) is 2.95. The molecule has 0 radical (unpaired) electrons. The van der Waals surface area contributed by atoms with Gasteiger partial charge in [-0.05, 0) is 43.0 Å². The lowest BCUT2D eigenvalue weighted by Gasteiger charge is -2.18. The number of hydrogen-bond donors (Lipinski definition) is 1. The van der Waals surface area contributed by atoms with Crippen LogP contribution in [0.15, 0.2) is 36.7 Å². The SMILES string of the molecule is COc1cnccc1C(N)Cc1c(C)cccc1C. The first-order valence-corrected chi connectivity index (χ1v) is 6.42. The minimum absolute atomic E-state index is 0.0854. The van der Waals surface area contributed by atoms with Crippen molar-refractivity contribution in [1.29, 1.82) is 0 Å². The lowest BCUT2D eigenvalue weighted by atomic mass is 9.93. The standard InChI is InChI=1S/C16H20N2O/c1-11-5-4-6-12(2)14(11)9-15(17)13-7-8-18-10-16(13)19-3/h4-8,10,15H,9,17H2,1-3H3. The molecule has 3 heteroatoms. The van der Waals surface area contributed by atoms with E-state index in [4.69, 9.17) is 10.5 Å². The zero-order chi connectivity index (χ0) is 13.8. The molecule has 0 bridgehead atoms. The number of ether oxygens (including phenoxy) is 1. The van der Waals surface area contributed by atoms with Gasteiger partial charge in [0.2, 0.25) is 0 Å². The van der Waals surface area contributed by atoms with Gasteiger partial charge in [0.05, 0.1) is 13.3 Å². The van der Waals surface area contributed by atoms with E-state index >= 15 is 0 Å². The molecule has 1 aromatic carbocycles. The second-order valence-electron chi connectivity index (χ2n) is 4.80. The van der Waals surface area contributed by atoms with Gasteiger partial charge in [-0.1, -0.05) is 18.2 Å². The molecule has 0 spiro atoms. The van der Waals surface area contributed by atoms with Gasteiger partial charge in [-0.15, -0.1) is 0 Å². The lowest BCUT2D eigenvalue weighted by Crippen LogP contribution is -2.16. The largest absolute Gasteiger partial charge is 0.495 e. The molecular weight excluding hydrogens is 236 g/mol. The van der Waals surface area contributed by atoms with Crippen LogP contribution < -0.4 is 10.5 Å². The molecule has 0 saturated heterocycles. The fraction of sp³-hybridized carbons (Fsp3) is 0.312. The average molecular weight is 256 g/mol. The van der Waals surface area contributed by atoms with Crippen molar-refractivity contribution in [1.82, 2.24) is 4.98 Å². The Hall–Kier alpha value is -1.87. The Bertz CT molecular complexity index is 546. The molecule has 0 aliphatic heterocycles. The fourth-order valence-corrected chi connectivity index (χ4v) is 2.37. The molecule has 19 heavy (non-hydrogen) atoms. The van der Waals surface area contributed by atoms with E-state index < -0.39 is 0 Å². The molecule has 1 aromatic heterocycles. The highest BCUT2D eigenvalue weighted by Crippen LogP contribution is 2.26. The summed E-state index contributed by atoms with van der Waals surface area (Å²) >= 11 is 0. The van der Waals surface area contributed by atoms with Crippen LogP contribution in [0.4, 0.5) is 0 Å². The van der Waals surface area contributed by atoms with Gasteiger partial charge >= 0.3 is 0 Å². The van der Waals surface area contributed by atoms with Crippen LogP contribution in [0.2, 0.25) is 0 Å². The number of pyridine rings is 1. The number of methoxy groups -OCH3 is 1. The number of rotatable bonds is 4. The summed E-state index contributed by atoms with van der Waals surface area (Å²) in [5.74, 6) is 0.751. The normalized spacial score (nSPS) is 12.2. The lowest BCUT2D eigenvalue weighted by molar-refractivity contribution is 0.403. The van der Waals surface area contributed by atoms with Crippen molar-refractivity contribution in [2.45, 2.75) is 26.3 Å². The van der Waals surface area contributed by atoms with E-state index in [1.165, 1.54) is 16.7 Å². The summed E-state index contributed by atoms with van der Waals surface area (Å²) in [4.78, 5) is 4.06. The molecular formula is C16H20N2O. The Morgan fingerprint density at radius 1 is 1.21 bits per heavy atom. The van der Waals surface area contributed by atoms with E-state index in [1.807, 2.05) is 6.07 Å².